The number of nitrogens with zero attached hydrogens (tertiary/aromatic N) is 1. The maximum atomic E-state index is 12.3. The smallest absolute Gasteiger partial charge is 0.261 e. The van der Waals surface area contributed by atoms with E-state index in [9.17, 15) is 8.42 Å². The number of oxazole rings is 1. The van der Waals surface area contributed by atoms with Crippen LogP contribution in [0, 0.1) is 0 Å². The van der Waals surface area contributed by atoms with E-state index < -0.39 is 10.0 Å². The van der Waals surface area contributed by atoms with E-state index in [1.54, 1.807) is 36.5 Å². The summed E-state index contributed by atoms with van der Waals surface area (Å²) in [5.41, 5.74) is 1.20. The van der Waals surface area contributed by atoms with E-state index in [0.29, 0.717) is 11.4 Å². The number of aromatic nitrogens is 1. The zero-order chi connectivity index (χ0) is 15.6. The molecule has 7 heteroatoms. The lowest BCUT2D eigenvalue weighted by Gasteiger charge is -2.09. The molecule has 0 amide bonds. The first-order chi connectivity index (χ1) is 10.5. The van der Waals surface area contributed by atoms with Crippen molar-refractivity contribution in [3.8, 4) is 11.3 Å². The molecule has 1 heterocycles. The van der Waals surface area contributed by atoms with Gasteiger partial charge in [0, 0.05) is 15.7 Å². The minimum atomic E-state index is -3.63. The number of anilines is 1. The molecule has 0 aliphatic heterocycles. The van der Waals surface area contributed by atoms with Crippen LogP contribution in [0.25, 0.3) is 11.3 Å². The molecule has 0 radical (unpaired) electrons. The Morgan fingerprint density at radius 1 is 1.09 bits per heavy atom. The van der Waals surface area contributed by atoms with Gasteiger partial charge in [0.1, 0.15) is 0 Å². The average molecular weight is 379 g/mol. The number of hydrogen-bond donors (Lipinski definition) is 1. The second-order valence-corrected chi connectivity index (χ2v) is 7.10. The van der Waals surface area contributed by atoms with Crippen LogP contribution in [0.1, 0.15) is 0 Å². The fourth-order valence-electron chi connectivity index (χ4n) is 1.92. The van der Waals surface area contributed by atoms with Gasteiger partial charge < -0.3 is 4.42 Å². The third-order valence-corrected chi connectivity index (χ3v) is 4.88. The van der Waals surface area contributed by atoms with Gasteiger partial charge in [0.05, 0.1) is 11.1 Å². The molecule has 112 valence electrons. The molecule has 0 aliphatic carbocycles. The van der Waals surface area contributed by atoms with E-state index in [2.05, 4.69) is 25.6 Å². The van der Waals surface area contributed by atoms with E-state index in [4.69, 9.17) is 4.42 Å². The van der Waals surface area contributed by atoms with Gasteiger partial charge in [-0.2, -0.15) is 0 Å². The Bertz CT molecular complexity index is 875. The number of sulfonamides is 1. The second-order valence-electron chi connectivity index (χ2n) is 4.51. The van der Waals surface area contributed by atoms with Crippen molar-refractivity contribution >= 4 is 31.6 Å². The van der Waals surface area contributed by atoms with Gasteiger partial charge in [-0.25, -0.2) is 13.4 Å². The molecule has 5 nitrogen and oxygen atoms in total. The van der Waals surface area contributed by atoms with Gasteiger partial charge in [-0.3, -0.25) is 4.72 Å². The number of hydrogen-bond acceptors (Lipinski definition) is 4. The van der Waals surface area contributed by atoms with E-state index in [1.807, 2.05) is 6.07 Å². The molecule has 0 atom stereocenters. The highest BCUT2D eigenvalue weighted by Gasteiger charge is 2.14. The van der Waals surface area contributed by atoms with E-state index in [-0.39, 0.29) is 4.90 Å². The van der Waals surface area contributed by atoms with E-state index in [1.165, 1.54) is 18.5 Å². The molecule has 3 rings (SSSR count). The zero-order valence-corrected chi connectivity index (χ0v) is 13.6. The maximum absolute atomic E-state index is 12.3. The molecule has 3 aromatic rings. The van der Waals surface area contributed by atoms with E-state index in [0.717, 1.165) is 10.0 Å². The standard InChI is InChI=1S/C15H11BrN2O3S/c16-12-4-6-14(7-5-12)22(19,20)18-13-3-1-2-11(8-13)15-9-17-10-21-15/h1-10,18H. The van der Waals surface area contributed by atoms with Crippen molar-refractivity contribution in [2.24, 2.45) is 0 Å². The van der Waals surface area contributed by atoms with Crippen LogP contribution in [-0.4, -0.2) is 13.4 Å². The SMILES string of the molecule is O=S(=O)(Nc1cccc(-c2cnco2)c1)c1ccc(Br)cc1. The first-order valence-electron chi connectivity index (χ1n) is 6.32. The second kappa shape index (κ2) is 5.94. The van der Waals surface area contributed by atoms with Gasteiger partial charge in [0.15, 0.2) is 12.2 Å². The van der Waals surface area contributed by atoms with Crippen LogP contribution in [0.4, 0.5) is 5.69 Å². The third kappa shape index (κ3) is 3.20. The van der Waals surface area contributed by atoms with Crippen LogP contribution in [0.3, 0.4) is 0 Å². The molecule has 0 fully saturated rings. The fourth-order valence-corrected chi connectivity index (χ4v) is 3.24. The predicted octanol–water partition coefficient (Wildman–Crippen LogP) is 3.90. The number of benzene rings is 2. The quantitative estimate of drug-likeness (QED) is 0.746. The lowest BCUT2D eigenvalue weighted by molar-refractivity contribution is 0.572. The molecule has 0 aliphatic rings. The highest BCUT2D eigenvalue weighted by Crippen LogP contribution is 2.24. The van der Waals surface area contributed by atoms with Crippen LogP contribution in [0.5, 0.6) is 0 Å². The van der Waals surface area contributed by atoms with Crippen molar-refractivity contribution in [2.75, 3.05) is 4.72 Å². The number of nitrogens with one attached hydrogen (secondary N) is 1. The molecular formula is C15H11BrN2O3S. The monoisotopic (exact) mass is 378 g/mol. The van der Waals surface area contributed by atoms with Crippen molar-refractivity contribution in [2.45, 2.75) is 4.90 Å². The Hall–Kier alpha value is -2.12. The highest BCUT2D eigenvalue weighted by atomic mass is 79.9. The largest absolute Gasteiger partial charge is 0.444 e. The molecular weight excluding hydrogens is 368 g/mol. The summed E-state index contributed by atoms with van der Waals surface area (Å²) < 4.78 is 33.3. The van der Waals surface area contributed by atoms with Gasteiger partial charge in [-0.1, -0.05) is 28.1 Å². The van der Waals surface area contributed by atoms with Crippen LogP contribution in [0.2, 0.25) is 0 Å². The summed E-state index contributed by atoms with van der Waals surface area (Å²) in [6.07, 6.45) is 2.90. The van der Waals surface area contributed by atoms with Gasteiger partial charge in [-0.15, -0.1) is 0 Å². The van der Waals surface area contributed by atoms with Gasteiger partial charge in [-0.05, 0) is 36.4 Å². The summed E-state index contributed by atoms with van der Waals surface area (Å²) in [7, 11) is -3.63. The normalized spacial score (nSPS) is 11.3. The first-order valence-corrected chi connectivity index (χ1v) is 8.59. The minimum absolute atomic E-state index is 0.195. The molecule has 0 spiro atoms. The first kappa shape index (κ1) is 14.8. The summed E-state index contributed by atoms with van der Waals surface area (Å²) in [6, 6.07) is 13.4. The molecule has 1 N–H and O–H groups in total. The van der Waals surface area contributed by atoms with Gasteiger partial charge in [0.25, 0.3) is 10.0 Å². The van der Waals surface area contributed by atoms with Crippen LogP contribution in [0.15, 0.2) is 74.9 Å². The van der Waals surface area contributed by atoms with E-state index >= 15 is 0 Å². The Balaban J connectivity index is 1.89. The molecule has 0 bridgehead atoms. The van der Waals surface area contributed by atoms with Gasteiger partial charge >= 0.3 is 0 Å². The maximum Gasteiger partial charge on any atom is 0.261 e. The summed E-state index contributed by atoms with van der Waals surface area (Å²) in [4.78, 5) is 4.04. The summed E-state index contributed by atoms with van der Waals surface area (Å²) >= 11 is 3.28. The van der Waals surface area contributed by atoms with Crippen molar-refractivity contribution in [3.63, 3.8) is 0 Å². The Morgan fingerprint density at radius 3 is 2.55 bits per heavy atom. The zero-order valence-electron chi connectivity index (χ0n) is 11.2. The Kier molecular flexibility index (Phi) is 4.00. The number of rotatable bonds is 4. The minimum Gasteiger partial charge on any atom is -0.444 e. The van der Waals surface area contributed by atoms with Crippen LogP contribution in [-0.2, 0) is 10.0 Å². The van der Waals surface area contributed by atoms with Crippen LogP contribution < -0.4 is 4.72 Å². The summed E-state index contributed by atoms with van der Waals surface area (Å²) in [6.45, 7) is 0. The third-order valence-electron chi connectivity index (χ3n) is 2.96. The van der Waals surface area contributed by atoms with Crippen molar-refractivity contribution in [1.29, 1.82) is 0 Å². The average Bonchev–Trinajstić information content (AvgIpc) is 3.02. The fraction of sp³-hybridized carbons (Fsp3) is 0. The topological polar surface area (TPSA) is 72.2 Å². The highest BCUT2D eigenvalue weighted by molar-refractivity contribution is 9.10. The summed E-state index contributed by atoms with van der Waals surface area (Å²) in [5.74, 6) is 0.574. The molecule has 22 heavy (non-hydrogen) atoms. The lowest BCUT2D eigenvalue weighted by Crippen LogP contribution is -2.12. The molecule has 2 aromatic carbocycles. The van der Waals surface area contributed by atoms with Crippen molar-refractivity contribution < 1.29 is 12.8 Å². The Labute approximate surface area is 136 Å². The number of halogens is 1. The van der Waals surface area contributed by atoms with Crippen molar-refractivity contribution in [3.05, 3.63) is 65.6 Å². The predicted molar refractivity (Wildman–Crippen MR) is 86.9 cm³/mol. The van der Waals surface area contributed by atoms with Gasteiger partial charge in [0.2, 0.25) is 0 Å². The van der Waals surface area contributed by atoms with Crippen molar-refractivity contribution in [1.82, 2.24) is 4.98 Å². The summed E-state index contributed by atoms with van der Waals surface area (Å²) in [5, 5.41) is 0. The Morgan fingerprint density at radius 2 is 1.86 bits per heavy atom. The molecule has 0 saturated heterocycles. The molecule has 0 saturated carbocycles. The lowest BCUT2D eigenvalue weighted by atomic mass is 10.2. The molecule has 0 unspecified atom stereocenters. The van der Waals surface area contributed by atoms with Crippen LogP contribution >= 0.6 is 15.9 Å². The molecule has 1 aromatic heterocycles.